The molecule has 5 nitrogen and oxygen atoms in total. The van der Waals surface area contributed by atoms with Crippen molar-refractivity contribution in [3.8, 4) is 0 Å². The topological polar surface area (TPSA) is 59.8 Å². The maximum atomic E-state index is 12.7. The van der Waals surface area contributed by atoms with Gasteiger partial charge >= 0.3 is 6.18 Å². The van der Waals surface area contributed by atoms with Gasteiger partial charge in [0, 0.05) is 25.7 Å². The number of imidazole rings is 1. The van der Waals surface area contributed by atoms with E-state index in [-0.39, 0.29) is 11.8 Å². The standard InChI is InChI=1S/C15H17F3N4OS/c1-2-10-13(24-8-20-10)14(23)19-5-9-3-4-12-21-11(15(16,17)18)7-22(12)6-9/h7-9H,2-6H2,1H3,(H,19,23). The molecule has 1 N–H and O–H groups in total. The van der Waals surface area contributed by atoms with E-state index in [2.05, 4.69) is 15.3 Å². The highest BCUT2D eigenvalue weighted by Gasteiger charge is 2.35. The van der Waals surface area contributed by atoms with Crippen molar-refractivity contribution in [3.05, 3.63) is 33.8 Å². The number of fused-ring (bicyclic) bond motifs is 1. The second-order valence-corrected chi connectivity index (χ2v) is 6.64. The van der Waals surface area contributed by atoms with Crippen molar-refractivity contribution in [3.63, 3.8) is 0 Å². The Labute approximate surface area is 140 Å². The number of amides is 1. The summed E-state index contributed by atoms with van der Waals surface area (Å²) in [6, 6.07) is 0. The van der Waals surface area contributed by atoms with Gasteiger partial charge in [-0.25, -0.2) is 9.97 Å². The molecule has 2 aromatic heterocycles. The fourth-order valence-corrected chi connectivity index (χ4v) is 3.64. The molecule has 0 saturated heterocycles. The summed E-state index contributed by atoms with van der Waals surface area (Å²) in [6.07, 6.45) is -1.48. The van der Waals surface area contributed by atoms with Crippen molar-refractivity contribution in [1.29, 1.82) is 0 Å². The smallest absolute Gasteiger partial charge is 0.351 e. The molecule has 0 fully saturated rings. The van der Waals surface area contributed by atoms with Gasteiger partial charge in [-0.2, -0.15) is 13.2 Å². The first-order chi connectivity index (χ1) is 11.4. The van der Waals surface area contributed by atoms with Crippen LogP contribution in [-0.4, -0.2) is 27.0 Å². The van der Waals surface area contributed by atoms with Crippen molar-refractivity contribution in [2.75, 3.05) is 6.54 Å². The van der Waals surface area contributed by atoms with Gasteiger partial charge in [-0.15, -0.1) is 11.3 Å². The normalized spacial score (nSPS) is 17.6. The van der Waals surface area contributed by atoms with E-state index in [9.17, 15) is 18.0 Å². The first-order valence-electron chi connectivity index (χ1n) is 7.72. The summed E-state index contributed by atoms with van der Waals surface area (Å²) >= 11 is 1.30. The molecule has 1 aliphatic heterocycles. The Kier molecular flexibility index (Phi) is 4.62. The molecule has 0 bridgehead atoms. The number of hydrogen-bond acceptors (Lipinski definition) is 4. The molecule has 1 aliphatic rings. The number of nitrogens with one attached hydrogen (secondary N) is 1. The van der Waals surface area contributed by atoms with Crippen LogP contribution >= 0.6 is 11.3 Å². The third-order valence-corrected chi connectivity index (χ3v) is 4.98. The lowest BCUT2D eigenvalue weighted by molar-refractivity contribution is -0.141. The molecule has 3 heterocycles. The average Bonchev–Trinajstić information content (AvgIpc) is 3.17. The summed E-state index contributed by atoms with van der Waals surface area (Å²) in [6.45, 7) is 2.80. The summed E-state index contributed by atoms with van der Waals surface area (Å²) < 4.78 is 39.7. The Morgan fingerprint density at radius 3 is 3.00 bits per heavy atom. The van der Waals surface area contributed by atoms with E-state index >= 15 is 0 Å². The van der Waals surface area contributed by atoms with E-state index in [0.717, 1.165) is 11.9 Å². The predicted octanol–water partition coefficient (Wildman–Crippen LogP) is 2.91. The molecule has 1 amide bonds. The van der Waals surface area contributed by atoms with Gasteiger partial charge in [-0.05, 0) is 18.8 Å². The zero-order valence-corrected chi connectivity index (χ0v) is 13.9. The van der Waals surface area contributed by atoms with Crippen molar-refractivity contribution in [2.45, 2.75) is 38.9 Å². The second-order valence-electron chi connectivity index (χ2n) is 5.79. The highest BCUT2D eigenvalue weighted by atomic mass is 32.1. The highest BCUT2D eigenvalue weighted by molar-refractivity contribution is 7.11. The van der Waals surface area contributed by atoms with E-state index in [0.29, 0.717) is 43.1 Å². The molecule has 24 heavy (non-hydrogen) atoms. The number of thiazole rings is 1. The summed E-state index contributed by atoms with van der Waals surface area (Å²) in [7, 11) is 0. The van der Waals surface area contributed by atoms with Crippen LogP contribution in [0.25, 0.3) is 0 Å². The van der Waals surface area contributed by atoms with Crippen LogP contribution in [0.2, 0.25) is 0 Å². The van der Waals surface area contributed by atoms with Crippen LogP contribution in [0.1, 0.15) is 40.2 Å². The predicted molar refractivity (Wildman–Crippen MR) is 82.9 cm³/mol. The highest BCUT2D eigenvalue weighted by Crippen LogP contribution is 2.30. The van der Waals surface area contributed by atoms with Gasteiger partial charge in [0.25, 0.3) is 5.91 Å². The monoisotopic (exact) mass is 358 g/mol. The number of halogens is 3. The Morgan fingerprint density at radius 1 is 1.50 bits per heavy atom. The van der Waals surface area contributed by atoms with Crippen LogP contribution < -0.4 is 5.32 Å². The Balaban J connectivity index is 1.60. The minimum Gasteiger partial charge on any atom is -0.351 e. The van der Waals surface area contributed by atoms with Crippen molar-refractivity contribution >= 4 is 17.2 Å². The zero-order valence-electron chi connectivity index (χ0n) is 13.1. The van der Waals surface area contributed by atoms with Gasteiger partial charge in [-0.3, -0.25) is 4.79 Å². The lowest BCUT2D eigenvalue weighted by Crippen LogP contribution is -2.33. The fourth-order valence-electron chi connectivity index (χ4n) is 2.84. The maximum absolute atomic E-state index is 12.7. The molecule has 130 valence electrons. The Morgan fingerprint density at radius 2 is 2.29 bits per heavy atom. The molecule has 1 atom stereocenters. The molecule has 0 aromatic carbocycles. The molecular formula is C15H17F3N4OS. The first-order valence-corrected chi connectivity index (χ1v) is 8.60. The minimum atomic E-state index is -4.42. The van der Waals surface area contributed by atoms with Crippen LogP contribution in [0.15, 0.2) is 11.7 Å². The number of carbonyl (C=O) groups excluding carboxylic acids is 1. The number of hydrogen-bond donors (Lipinski definition) is 1. The number of aromatic nitrogens is 3. The third-order valence-electron chi connectivity index (χ3n) is 4.11. The van der Waals surface area contributed by atoms with Crippen molar-refractivity contribution < 1.29 is 18.0 Å². The largest absolute Gasteiger partial charge is 0.434 e. The quantitative estimate of drug-likeness (QED) is 0.914. The SMILES string of the molecule is CCc1ncsc1C(=O)NCC1CCc2nc(C(F)(F)F)cn2C1. The van der Waals surface area contributed by atoms with E-state index in [1.165, 1.54) is 11.3 Å². The number of nitrogens with zero attached hydrogens (tertiary/aromatic N) is 3. The maximum Gasteiger partial charge on any atom is 0.434 e. The first kappa shape index (κ1) is 16.9. The van der Waals surface area contributed by atoms with Crippen LogP contribution in [-0.2, 0) is 25.6 Å². The number of rotatable bonds is 4. The number of alkyl halides is 3. The van der Waals surface area contributed by atoms with Gasteiger partial charge < -0.3 is 9.88 Å². The molecule has 1 unspecified atom stereocenters. The molecule has 0 spiro atoms. The van der Waals surface area contributed by atoms with Gasteiger partial charge in [0.1, 0.15) is 10.7 Å². The molecule has 0 aliphatic carbocycles. The van der Waals surface area contributed by atoms with E-state index in [1.54, 1.807) is 10.1 Å². The lowest BCUT2D eigenvalue weighted by atomic mass is 9.99. The van der Waals surface area contributed by atoms with E-state index in [4.69, 9.17) is 0 Å². The summed E-state index contributed by atoms with van der Waals surface area (Å²) in [5.74, 6) is 0.386. The summed E-state index contributed by atoms with van der Waals surface area (Å²) in [5, 5.41) is 2.87. The van der Waals surface area contributed by atoms with Gasteiger partial charge in [0.15, 0.2) is 5.69 Å². The van der Waals surface area contributed by atoms with Gasteiger partial charge in [0.2, 0.25) is 0 Å². The number of carbonyl (C=O) groups is 1. The molecule has 9 heteroatoms. The van der Waals surface area contributed by atoms with Crippen LogP contribution in [0, 0.1) is 5.92 Å². The number of aryl methyl sites for hydroxylation is 2. The van der Waals surface area contributed by atoms with Gasteiger partial charge in [-0.1, -0.05) is 6.92 Å². The van der Waals surface area contributed by atoms with Crippen LogP contribution in [0.4, 0.5) is 13.2 Å². The minimum absolute atomic E-state index is 0.0923. The molecule has 2 aromatic rings. The molecule has 0 saturated carbocycles. The fraction of sp³-hybridized carbons (Fsp3) is 0.533. The molecule has 0 radical (unpaired) electrons. The van der Waals surface area contributed by atoms with E-state index < -0.39 is 11.9 Å². The molecule has 3 rings (SSSR count). The lowest BCUT2D eigenvalue weighted by Gasteiger charge is -2.23. The Hall–Kier alpha value is -1.90. The average molecular weight is 358 g/mol. The van der Waals surface area contributed by atoms with E-state index in [1.807, 2.05) is 6.92 Å². The summed E-state index contributed by atoms with van der Waals surface area (Å²) in [4.78, 5) is 20.6. The third kappa shape index (κ3) is 3.45. The summed E-state index contributed by atoms with van der Waals surface area (Å²) in [5.41, 5.74) is 1.57. The zero-order chi connectivity index (χ0) is 17.3. The molecular weight excluding hydrogens is 341 g/mol. The van der Waals surface area contributed by atoms with Crippen molar-refractivity contribution in [2.24, 2.45) is 5.92 Å². The van der Waals surface area contributed by atoms with Crippen LogP contribution in [0.3, 0.4) is 0 Å². The second kappa shape index (κ2) is 6.54. The Bertz CT molecular complexity index is 737. The van der Waals surface area contributed by atoms with Crippen LogP contribution in [0.5, 0.6) is 0 Å². The van der Waals surface area contributed by atoms with Crippen molar-refractivity contribution in [1.82, 2.24) is 19.9 Å². The van der Waals surface area contributed by atoms with Gasteiger partial charge in [0.05, 0.1) is 11.2 Å².